The Morgan fingerprint density at radius 1 is 1.14 bits per heavy atom. The molecule has 0 aliphatic heterocycles. The summed E-state index contributed by atoms with van der Waals surface area (Å²) < 4.78 is 5.87. The van der Waals surface area contributed by atoms with Gasteiger partial charge in [0.2, 0.25) is 0 Å². The van der Waals surface area contributed by atoms with E-state index in [1.807, 2.05) is 37.3 Å². The first-order valence-electron chi connectivity index (χ1n) is 7.25. The fraction of sp³-hybridized carbons (Fsp3) is 0.353. The molecular weight excluding hydrogens is 266 g/mol. The highest BCUT2D eigenvalue weighted by Crippen LogP contribution is 2.24. The second-order valence-corrected chi connectivity index (χ2v) is 4.90. The lowest BCUT2D eigenvalue weighted by Gasteiger charge is -2.19. The van der Waals surface area contributed by atoms with Gasteiger partial charge >= 0.3 is 5.97 Å². The summed E-state index contributed by atoms with van der Waals surface area (Å²) in [4.78, 5) is 12.7. The minimum Gasteiger partial charge on any atom is -0.492 e. The van der Waals surface area contributed by atoms with Crippen LogP contribution in [0.25, 0.3) is 10.8 Å². The molecule has 0 unspecified atom stereocenters. The lowest BCUT2D eigenvalue weighted by Crippen LogP contribution is -2.30. The van der Waals surface area contributed by atoms with Crippen LogP contribution in [0.1, 0.15) is 13.3 Å². The molecule has 0 saturated carbocycles. The highest BCUT2D eigenvalue weighted by atomic mass is 16.5. The van der Waals surface area contributed by atoms with Gasteiger partial charge in [0.1, 0.15) is 12.4 Å². The fourth-order valence-corrected chi connectivity index (χ4v) is 2.29. The summed E-state index contributed by atoms with van der Waals surface area (Å²) in [6.07, 6.45) is 0.169. The van der Waals surface area contributed by atoms with E-state index in [9.17, 15) is 4.79 Å². The number of hydrogen-bond donors (Lipinski definition) is 1. The van der Waals surface area contributed by atoms with Gasteiger partial charge in [-0.3, -0.25) is 9.69 Å². The number of nitrogens with zero attached hydrogens (tertiary/aromatic N) is 1. The number of fused-ring (bicyclic) bond motifs is 1. The number of hydrogen-bond acceptors (Lipinski definition) is 3. The Morgan fingerprint density at radius 2 is 1.90 bits per heavy atom. The average Bonchev–Trinajstić information content (AvgIpc) is 2.50. The molecule has 0 atom stereocenters. The van der Waals surface area contributed by atoms with E-state index in [4.69, 9.17) is 9.84 Å². The highest BCUT2D eigenvalue weighted by Gasteiger charge is 2.06. The van der Waals surface area contributed by atoms with Gasteiger partial charge in [-0.1, -0.05) is 43.3 Å². The van der Waals surface area contributed by atoms with Gasteiger partial charge < -0.3 is 9.84 Å². The maximum atomic E-state index is 10.6. The van der Waals surface area contributed by atoms with Gasteiger partial charge in [0.15, 0.2) is 0 Å². The number of aliphatic carboxylic acids is 1. The van der Waals surface area contributed by atoms with Crippen molar-refractivity contribution in [3.63, 3.8) is 0 Å². The molecule has 0 aromatic heterocycles. The van der Waals surface area contributed by atoms with E-state index in [1.165, 1.54) is 0 Å². The fourth-order valence-electron chi connectivity index (χ4n) is 2.29. The molecule has 0 aliphatic carbocycles. The summed E-state index contributed by atoms with van der Waals surface area (Å²) in [5.41, 5.74) is 0. The summed E-state index contributed by atoms with van der Waals surface area (Å²) in [6, 6.07) is 14.1. The van der Waals surface area contributed by atoms with Crippen molar-refractivity contribution in [3.8, 4) is 5.75 Å². The zero-order valence-electron chi connectivity index (χ0n) is 12.3. The molecule has 112 valence electrons. The third kappa shape index (κ3) is 4.46. The number of carboxylic acid groups (broad SMARTS) is 1. The van der Waals surface area contributed by atoms with Crippen LogP contribution in [0.15, 0.2) is 42.5 Å². The van der Waals surface area contributed by atoms with E-state index in [0.717, 1.165) is 29.6 Å². The quantitative estimate of drug-likeness (QED) is 0.811. The first-order valence-corrected chi connectivity index (χ1v) is 7.25. The molecule has 4 heteroatoms. The van der Waals surface area contributed by atoms with Gasteiger partial charge in [-0.15, -0.1) is 0 Å². The van der Waals surface area contributed by atoms with Crippen LogP contribution in [0.5, 0.6) is 5.75 Å². The summed E-state index contributed by atoms with van der Waals surface area (Å²) in [5, 5.41) is 11.0. The lowest BCUT2D eigenvalue weighted by molar-refractivity contribution is -0.137. The summed E-state index contributed by atoms with van der Waals surface area (Å²) in [6.45, 7) is 4.70. The Labute approximate surface area is 124 Å². The van der Waals surface area contributed by atoms with Gasteiger partial charge in [0, 0.05) is 18.5 Å². The second-order valence-electron chi connectivity index (χ2n) is 4.90. The van der Waals surface area contributed by atoms with E-state index in [1.54, 1.807) is 0 Å². The molecule has 2 rings (SSSR count). The molecule has 2 aromatic carbocycles. The van der Waals surface area contributed by atoms with Crippen molar-refractivity contribution in [3.05, 3.63) is 42.5 Å². The number of benzene rings is 2. The van der Waals surface area contributed by atoms with Crippen LogP contribution in [0.4, 0.5) is 0 Å². The maximum absolute atomic E-state index is 10.6. The number of carbonyl (C=O) groups is 1. The van der Waals surface area contributed by atoms with Crippen LogP contribution in [-0.4, -0.2) is 42.2 Å². The van der Waals surface area contributed by atoms with Gasteiger partial charge in [0.25, 0.3) is 0 Å². The smallest absolute Gasteiger partial charge is 0.304 e. The van der Waals surface area contributed by atoms with E-state index >= 15 is 0 Å². The van der Waals surface area contributed by atoms with Crippen molar-refractivity contribution in [1.82, 2.24) is 4.90 Å². The van der Waals surface area contributed by atoms with Crippen molar-refractivity contribution < 1.29 is 14.6 Å². The molecule has 0 aliphatic rings. The minimum atomic E-state index is -0.761. The maximum Gasteiger partial charge on any atom is 0.304 e. The number of carboxylic acids is 1. The Kier molecular flexibility index (Phi) is 5.58. The molecule has 0 amide bonds. The van der Waals surface area contributed by atoms with Gasteiger partial charge in [-0.25, -0.2) is 0 Å². The SMILES string of the molecule is CCN(CCOc1cccc2ccccc12)CCC(=O)O. The number of rotatable bonds is 8. The van der Waals surface area contributed by atoms with Crippen molar-refractivity contribution in [2.45, 2.75) is 13.3 Å². The van der Waals surface area contributed by atoms with Crippen LogP contribution in [-0.2, 0) is 4.79 Å². The molecule has 0 spiro atoms. The first-order chi connectivity index (χ1) is 10.2. The molecule has 0 bridgehead atoms. The van der Waals surface area contributed by atoms with Crippen LogP contribution >= 0.6 is 0 Å². The van der Waals surface area contributed by atoms with Gasteiger partial charge in [-0.05, 0) is 18.0 Å². The minimum absolute atomic E-state index is 0.169. The second kappa shape index (κ2) is 7.64. The van der Waals surface area contributed by atoms with Crippen LogP contribution in [0.3, 0.4) is 0 Å². The third-order valence-electron chi connectivity index (χ3n) is 3.50. The van der Waals surface area contributed by atoms with Gasteiger partial charge in [-0.2, -0.15) is 0 Å². The van der Waals surface area contributed by atoms with E-state index in [-0.39, 0.29) is 6.42 Å². The van der Waals surface area contributed by atoms with Gasteiger partial charge in [0.05, 0.1) is 6.42 Å². The van der Waals surface area contributed by atoms with Crippen LogP contribution in [0.2, 0.25) is 0 Å². The molecule has 4 nitrogen and oxygen atoms in total. The van der Waals surface area contributed by atoms with E-state index in [0.29, 0.717) is 13.2 Å². The highest BCUT2D eigenvalue weighted by molar-refractivity contribution is 5.88. The Bertz CT molecular complexity index is 592. The van der Waals surface area contributed by atoms with E-state index in [2.05, 4.69) is 17.0 Å². The topological polar surface area (TPSA) is 49.8 Å². The largest absolute Gasteiger partial charge is 0.492 e. The van der Waals surface area contributed by atoms with E-state index < -0.39 is 5.97 Å². The van der Waals surface area contributed by atoms with Crippen molar-refractivity contribution >= 4 is 16.7 Å². The summed E-state index contributed by atoms with van der Waals surface area (Å²) >= 11 is 0. The van der Waals surface area contributed by atoms with Crippen LogP contribution < -0.4 is 4.74 Å². The standard InChI is InChI=1S/C17H21NO3/c1-2-18(11-10-17(19)20)12-13-21-16-9-5-7-14-6-3-4-8-15(14)16/h3-9H,2,10-13H2,1H3,(H,19,20). The molecular formula is C17H21NO3. The predicted molar refractivity (Wildman–Crippen MR) is 83.8 cm³/mol. The van der Waals surface area contributed by atoms with Crippen molar-refractivity contribution in [2.24, 2.45) is 0 Å². The zero-order valence-corrected chi connectivity index (χ0v) is 12.3. The monoisotopic (exact) mass is 287 g/mol. The molecule has 0 heterocycles. The molecule has 0 fully saturated rings. The van der Waals surface area contributed by atoms with Crippen molar-refractivity contribution in [2.75, 3.05) is 26.2 Å². The normalized spacial score (nSPS) is 11.0. The Morgan fingerprint density at radius 3 is 2.67 bits per heavy atom. The molecule has 21 heavy (non-hydrogen) atoms. The number of ether oxygens (including phenoxy) is 1. The predicted octanol–water partition coefficient (Wildman–Crippen LogP) is 3.02. The average molecular weight is 287 g/mol. The third-order valence-corrected chi connectivity index (χ3v) is 3.50. The van der Waals surface area contributed by atoms with Crippen LogP contribution in [0, 0.1) is 0 Å². The molecule has 2 aromatic rings. The number of likely N-dealkylation sites (N-methyl/N-ethyl adjacent to an activating group) is 1. The summed E-state index contributed by atoms with van der Waals surface area (Å²) in [5.74, 6) is 0.116. The molecule has 0 radical (unpaired) electrons. The van der Waals surface area contributed by atoms with Crippen molar-refractivity contribution in [1.29, 1.82) is 0 Å². The zero-order chi connectivity index (χ0) is 15.1. The summed E-state index contributed by atoms with van der Waals surface area (Å²) in [7, 11) is 0. The Balaban J connectivity index is 1.91. The Hall–Kier alpha value is -2.07. The molecule has 0 saturated heterocycles. The lowest BCUT2D eigenvalue weighted by atomic mass is 10.1. The first kappa shape index (κ1) is 15.3. The molecule has 1 N–H and O–H groups in total.